The number of hydrogen-bond donors (Lipinski definition) is 1. The SMILES string of the molecule is Cn1c(-c2cc(I)cc(I)c2O)nc2c(F)cccc21. The van der Waals surface area contributed by atoms with Crippen LogP contribution in [0.4, 0.5) is 4.39 Å². The van der Waals surface area contributed by atoms with Gasteiger partial charge in [0.15, 0.2) is 5.82 Å². The van der Waals surface area contributed by atoms with Gasteiger partial charge in [-0.15, -0.1) is 0 Å². The Morgan fingerprint density at radius 3 is 2.70 bits per heavy atom. The van der Waals surface area contributed by atoms with Crippen LogP contribution in [0.5, 0.6) is 5.75 Å². The van der Waals surface area contributed by atoms with Crippen LogP contribution in [0, 0.1) is 13.0 Å². The van der Waals surface area contributed by atoms with Gasteiger partial charge in [-0.05, 0) is 69.4 Å². The first-order chi connectivity index (χ1) is 9.49. The van der Waals surface area contributed by atoms with Crippen LogP contribution in [0.2, 0.25) is 0 Å². The molecule has 0 atom stereocenters. The predicted molar refractivity (Wildman–Crippen MR) is 93.2 cm³/mol. The van der Waals surface area contributed by atoms with Gasteiger partial charge in [0.05, 0.1) is 14.7 Å². The summed E-state index contributed by atoms with van der Waals surface area (Å²) in [6.45, 7) is 0. The van der Waals surface area contributed by atoms with Crippen molar-refractivity contribution in [3.05, 3.63) is 43.3 Å². The second kappa shape index (κ2) is 5.14. The van der Waals surface area contributed by atoms with Crippen LogP contribution < -0.4 is 0 Å². The van der Waals surface area contributed by atoms with Gasteiger partial charge in [0.1, 0.15) is 17.1 Å². The van der Waals surface area contributed by atoms with Crippen LogP contribution in [0.1, 0.15) is 0 Å². The lowest BCUT2D eigenvalue weighted by molar-refractivity contribution is 0.472. The normalized spacial score (nSPS) is 11.2. The minimum atomic E-state index is -0.357. The highest BCUT2D eigenvalue weighted by atomic mass is 127. The van der Waals surface area contributed by atoms with Crippen LogP contribution in [0.15, 0.2) is 30.3 Å². The molecule has 1 N–H and O–H groups in total. The average Bonchev–Trinajstić information content (AvgIpc) is 2.73. The molecule has 3 aromatic rings. The third kappa shape index (κ3) is 2.18. The number of aromatic hydroxyl groups is 1. The quantitative estimate of drug-likeness (QED) is 0.513. The number of phenolic OH excluding ortho intramolecular Hbond substituents is 1. The number of halogens is 3. The van der Waals surface area contributed by atoms with E-state index in [9.17, 15) is 9.50 Å². The summed E-state index contributed by atoms with van der Waals surface area (Å²) in [7, 11) is 1.82. The zero-order valence-corrected chi connectivity index (χ0v) is 14.7. The average molecular weight is 494 g/mol. The molecule has 3 nitrogen and oxygen atoms in total. The van der Waals surface area contributed by atoms with E-state index >= 15 is 0 Å². The summed E-state index contributed by atoms with van der Waals surface area (Å²) < 4.78 is 17.3. The zero-order chi connectivity index (χ0) is 14.4. The van der Waals surface area contributed by atoms with Crippen LogP contribution in [0.3, 0.4) is 0 Å². The number of fused-ring (bicyclic) bond motifs is 1. The van der Waals surface area contributed by atoms with Crippen molar-refractivity contribution in [3.8, 4) is 17.1 Å². The molecule has 20 heavy (non-hydrogen) atoms. The largest absolute Gasteiger partial charge is 0.506 e. The number of phenols is 1. The van der Waals surface area contributed by atoms with E-state index in [0.717, 1.165) is 7.14 Å². The summed E-state index contributed by atoms with van der Waals surface area (Å²) in [6.07, 6.45) is 0. The van der Waals surface area contributed by atoms with Gasteiger partial charge < -0.3 is 9.67 Å². The van der Waals surface area contributed by atoms with E-state index in [1.807, 2.05) is 25.2 Å². The molecule has 6 heteroatoms. The first-order valence-corrected chi connectivity index (χ1v) is 7.94. The van der Waals surface area contributed by atoms with Crippen molar-refractivity contribution in [2.45, 2.75) is 0 Å². The molecule has 102 valence electrons. The number of para-hydroxylation sites is 1. The van der Waals surface area contributed by atoms with Crippen molar-refractivity contribution in [1.82, 2.24) is 9.55 Å². The molecule has 0 spiro atoms. The highest BCUT2D eigenvalue weighted by Gasteiger charge is 2.17. The fraction of sp³-hybridized carbons (Fsp3) is 0.0714. The van der Waals surface area contributed by atoms with Gasteiger partial charge >= 0.3 is 0 Å². The maximum Gasteiger partial charge on any atom is 0.151 e. The van der Waals surface area contributed by atoms with Crippen molar-refractivity contribution < 1.29 is 9.50 Å². The molecule has 0 aliphatic heterocycles. The van der Waals surface area contributed by atoms with Gasteiger partial charge in [0, 0.05) is 10.6 Å². The van der Waals surface area contributed by atoms with Crippen LogP contribution in [-0.2, 0) is 7.05 Å². The fourth-order valence-corrected chi connectivity index (χ4v) is 4.00. The van der Waals surface area contributed by atoms with E-state index < -0.39 is 0 Å². The van der Waals surface area contributed by atoms with Crippen molar-refractivity contribution >= 4 is 56.2 Å². The molecule has 0 fully saturated rings. The molecule has 0 bridgehead atoms. The number of aromatic nitrogens is 2. The van der Waals surface area contributed by atoms with Gasteiger partial charge in [-0.3, -0.25) is 0 Å². The minimum absolute atomic E-state index is 0.171. The molecule has 0 radical (unpaired) electrons. The van der Waals surface area contributed by atoms with Crippen molar-refractivity contribution in [2.24, 2.45) is 7.05 Å². The summed E-state index contributed by atoms with van der Waals surface area (Å²) in [5, 5.41) is 10.2. The lowest BCUT2D eigenvalue weighted by atomic mass is 10.2. The van der Waals surface area contributed by atoms with E-state index in [0.29, 0.717) is 22.4 Å². The summed E-state index contributed by atoms with van der Waals surface area (Å²) in [5.74, 6) is 0.369. The van der Waals surface area contributed by atoms with E-state index in [2.05, 4.69) is 50.2 Å². The van der Waals surface area contributed by atoms with Crippen molar-refractivity contribution in [3.63, 3.8) is 0 Å². The lowest BCUT2D eigenvalue weighted by Gasteiger charge is -2.07. The summed E-state index contributed by atoms with van der Waals surface area (Å²) in [6, 6.07) is 8.57. The van der Waals surface area contributed by atoms with Gasteiger partial charge in [-0.25, -0.2) is 9.37 Å². The molecule has 0 saturated carbocycles. The Bertz CT molecular complexity index is 830. The number of aryl methyl sites for hydroxylation is 1. The first-order valence-electron chi connectivity index (χ1n) is 5.78. The summed E-state index contributed by atoms with van der Waals surface area (Å²) in [4.78, 5) is 4.35. The highest BCUT2D eigenvalue weighted by Crippen LogP contribution is 2.35. The maximum atomic E-state index is 13.8. The molecular weight excluding hydrogens is 485 g/mol. The van der Waals surface area contributed by atoms with E-state index in [1.165, 1.54) is 6.07 Å². The molecule has 1 aromatic heterocycles. The summed E-state index contributed by atoms with van der Waals surface area (Å²) >= 11 is 4.26. The Hall–Kier alpha value is -0.900. The molecule has 0 unspecified atom stereocenters. The monoisotopic (exact) mass is 494 g/mol. The number of hydrogen-bond acceptors (Lipinski definition) is 2. The van der Waals surface area contributed by atoms with Crippen LogP contribution in [0.25, 0.3) is 22.4 Å². The molecule has 3 rings (SSSR count). The second-order valence-corrected chi connectivity index (χ2v) is 6.79. The van der Waals surface area contributed by atoms with Crippen LogP contribution >= 0.6 is 45.2 Å². The number of rotatable bonds is 1. The standard InChI is InChI=1S/C14H9FI2N2O/c1-19-11-4-2-3-9(15)12(11)18-14(19)8-5-7(16)6-10(17)13(8)20/h2-6,20H,1H3. The minimum Gasteiger partial charge on any atom is -0.506 e. The van der Waals surface area contributed by atoms with Gasteiger partial charge in [0.2, 0.25) is 0 Å². The zero-order valence-electron chi connectivity index (χ0n) is 10.4. The lowest BCUT2D eigenvalue weighted by Crippen LogP contribution is -1.94. The second-order valence-electron chi connectivity index (χ2n) is 4.39. The Morgan fingerprint density at radius 2 is 2.00 bits per heavy atom. The Balaban J connectivity index is 2.36. The van der Waals surface area contributed by atoms with Crippen molar-refractivity contribution in [2.75, 3.05) is 0 Å². The van der Waals surface area contributed by atoms with E-state index in [4.69, 9.17) is 0 Å². The molecule has 0 aliphatic carbocycles. The van der Waals surface area contributed by atoms with E-state index in [-0.39, 0.29) is 11.6 Å². The third-order valence-corrected chi connectivity index (χ3v) is 4.58. The molecule has 2 aromatic carbocycles. The fourth-order valence-electron chi connectivity index (χ4n) is 2.16. The summed E-state index contributed by atoms with van der Waals surface area (Å²) in [5.41, 5.74) is 1.63. The smallest absolute Gasteiger partial charge is 0.151 e. The van der Waals surface area contributed by atoms with Crippen LogP contribution in [-0.4, -0.2) is 14.7 Å². The number of nitrogens with zero attached hydrogens (tertiary/aromatic N) is 2. The molecule has 1 heterocycles. The molecule has 0 saturated heterocycles. The predicted octanol–water partition coefficient (Wildman–Crippen LogP) is 4.29. The maximum absolute atomic E-state index is 13.8. The van der Waals surface area contributed by atoms with Gasteiger partial charge in [0.25, 0.3) is 0 Å². The van der Waals surface area contributed by atoms with Gasteiger partial charge in [-0.1, -0.05) is 6.07 Å². The molecule has 0 amide bonds. The van der Waals surface area contributed by atoms with Gasteiger partial charge in [-0.2, -0.15) is 0 Å². The topological polar surface area (TPSA) is 38.0 Å². The Morgan fingerprint density at radius 1 is 1.25 bits per heavy atom. The highest BCUT2D eigenvalue weighted by molar-refractivity contribution is 14.1. The molecule has 0 aliphatic rings. The molecular formula is C14H9FI2N2O. The Labute approximate surface area is 142 Å². The van der Waals surface area contributed by atoms with E-state index in [1.54, 1.807) is 10.6 Å². The number of imidazole rings is 1. The third-order valence-electron chi connectivity index (χ3n) is 3.13. The Kier molecular flexibility index (Phi) is 3.61. The van der Waals surface area contributed by atoms with Crippen molar-refractivity contribution in [1.29, 1.82) is 0 Å². The number of benzene rings is 2. The first kappa shape index (κ1) is 14.1.